The molecular weight excluding hydrogens is 274 g/mol. The van der Waals surface area contributed by atoms with Gasteiger partial charge in [-0.2, -0.15) is 0 Å². The minimum atomic E-state index is -0.655. The first kappa shape index (κ1) is 16.8. The molecule has 1 aromatic carbocycles. The Balaban J connectivity index is 3.00. The summed E-state index contributed by atoms with van der Waals surface area (Å²) >= 11 is 0. The van der Waals surface area contributed by atoms with Gasteiger partial charge < -0.3 is 14.2 Å². The maximum Gasteiger partial charge on any atom is 0.415 e. The van der Waals surface area contributed by atoms with Gasteiger partial charge in [-0.1, -0.05) is 0 Å². The van der Waals surface area contributed by atoms with Crippen LogP contribution in [0, 0.1) is 0 Å². The number of benzene rings is 1. The van der Waals surface area contributed by atoms with Gasteiger partial charge in [-0.25, -0.2) is 4.79 Å². The average molecular weight is 295 g/mol. The number of hydrogen-bond acceptors (Lipinski definition) is 5. The molecule has 0 aromatic heterocycles. The highest BCUT2D eigenvalue weighted by Crippen LogP contribution is 2.21. The van der Waals surface area contributed by atoms with E-state index >= 15 is 0 Å². The van der Waals surface area contributed by atoms with E-state index in [1.165, 1.54) is 12.0 Å². The lowest BCUT2D eigenvalue weighted by molar-refractivity contribution is -0.139. The van der Waals surface area contributed by atoms with Crippen LogP contribution in [0.15, 0.2) is 24.3 Å². The van der Waals surface area contributed by atoms with Crippen LogP contribution in [0.4, 0.5) is 10.5 Å². The van der Waals surface area contributed by atoms with Crippen LogP contribution in [0.5, 0.6) is 5.75 Å². The summed E-state index contributed by atoms with van der Waals surface area (Å²) in [5.41, 5.74) is -0.131. The topological polar surface area (TPSA) is 65.1 Å². The smallest absolute Gasteiger partial charge is 0.415 e. The number of anilines is 1. The molecule has 0 atom stereocenters. The van der Waals surface area contributed by atoms with Crippen molar-refractivity contribution in [1.82, 2.24) is 0 Å². The van der Waals surface area contributed by atoms with Gasteiger partial charge in [0, 0.05) is 5.69 Å². The molecule has 0 fully saturated rings. The van der Waals surface area contributed by atoms with Gasteiger partial charge >= 0.3 is 12.1 Å². The molecule has 1 rings (SSSR count). The standard InChI is InChI=1S/C15H21NO5/c1-15(2,3)21-14(18)16(10-13(17)20-5)11-6-8-12(19-4)9-7-11/h6-9H,10H2,1-5H3. The van der Waals surface area contributed by atoms with E-state index in [1.54, 1.807) is 52.1 Å². The molecular formula is C15H21NO5. The van der Waals surface area contributed by atoms with E-state index in [1.807, 2.05) is 0 Å². The number of esters is 1. The predicted molar refractivity (Wildman–Crippen MR) is 78.6 cm³/mol. The Morgan fingerprint density at radius 3 is 2.10 bits per heavy atom. The fraction of sp³-hybridized carbons (Fsp3) is 0.467. The van der Waals surface area contributed by atoms with Crippen LogP contribution in [0.2, 0.25) is 0 Å². The number of amides is 1. The number of carbonyl (C=O) groups is 2. The van der Waals surface area contributed by atoms with Crippen molar-refractivity contribution < 1.29 is 23.8 Å². The van der Waals surface area contributed by atoms with Gasteiger partial charge in [-0.15, -0.1) is 0 Å². The molecule has 0 N–H and O–H groups in total. The highest BCUT2D eigenvalue weighted by Gasteiger charge is 2.25. The van der Waals surface area contributed by atoms with Crippen molar-refractivity contribution in [2.75, 3.05) is 25.7 Å². The molecule has 0 unspecified atom stereocenters. The monoisotopic (exact) mass is 295 g/mol. The molecule has 0 saturated heterocycles. The van der Waals surface area contributed by atoms with Crippen LogP contribution < -0.4 is 9.64 Å². The summed E-state index contributed by atoms with van der Waals surface area (Å²) in [5, 5.41) is 0. The van der Waals surface area contributed by atoms with Gasteiger partial charge in [0.25, 0.3) is 0 Å². The van der Waals surface area contributed by atoms with E-state index in [9.17, 15) is 9.59 Å². The number of ether oxygens (including phenoxy) is 3. The van der Waals surface area contributed by atoms with E-state index in [4.69, 9.17) is 9.47 Å². The van der Waals surface area contributed by atoms with E-state index in [2.05, 4.69) is 4.74 Å². The van der Waals surface area contributed by atoms with Crippen LogP contribution in [0.3, 0.4) is 0 Å². The number of nitrogens with zero attached hydrogens (tertiary/aromatic N) is 1. The fourth-order valence-corrected chi connectivity index (χ4v) is 1.53. The minimum Gasteiger partial charge on any atom is -0.497 e. The third-order valence-electron chi connectivity index (χ3n) is 2.51. The second-order valence-electron chi connectivity index (χ2n) is 5.34. The largest absolute Gasteiger partial charge is 0.497 e. The molecule has 6 nitrogen and oxygen atoms in total. The van der Waals surface area contributed by atoms with Gasteiger partial charge in [0.1, 0.15) is 17.9 Å². The van der Waals surface area contributed by atoms with Crippen molar-refractivity contribution in [1.29, 1.82) is 0 Å². The van der Waals surface area contributed by atoms with Gasteiger partial charge in [-0.3, -0.25) is 9.69 Å². The number of hydrogen-bond donors (Lipinski definition) is 0. The maximum atomic E-state index is 12.2. The van der Waals surface area contributed by atoms with Crippen molar-refractivity contribution in [2.24, 2.45) is 0 Å². The van der Waals surface area contributed by atoms with Gasteiger partial charge in [0.2, 0.25) is 0 Å². The average Bonchev–Trinajstić information content (AvgIpc) is 2.42. The fourth-order valence-electron chi connectivity index (χ4n) is 1.53. The molecule has 1 amide bonds. The summed E-state index contributed by atoms with van der Waals surface area (Å²) in [6.07, 6.45) is -0.613. The number of methoxy groups -OCH3 is 2. The van der Waals surface area contributed by atoms with Gasteiger partial charge in [0.15, 0.2) is 0 Å². The molecule has 6 heteroatoms. The third-order valence-corrected chi connectivity index (χ3v) is 2.51. The first-order valence-corrected chi connectivity index (χ1v) is 6.48. The number of rotatable bonds is 4. The van der Waals surface area contributed by atoms with E-state index < -0.39 is 17.7 Å². The van der Waals surface area contributed by atoms with Crippen molar-refractivity contribution in [2.45, 2.75) is 26.4 Å². The summed E-state index contributed by atoms with van der Waals surface area (Å²) in [7, 11) is 2.82. The molecule has 0 bridgehead atoms. The Kier molecular flexibility index (Phi) is 5.58. The highest BCUT2D eigenvalue weighted by atomic mass is 16.6. The minimum absolute atomic E-state index is 0.224. The zero-order valence-corrected chi connectivity index (χ0v) is 13.0. The Labute approximate surface area is 124 Å². The normalized spacial score (nSPS) is 10.7. The van der Waals surface area contributed by atoms with E-state index in [0.29, 0.717) is 11.4 Å². The molecule has 0 saturated carbocycles. The Morgan fingerprint density at radius 1 is 1.10 bits per heavy atom. The lowest BCUT2D eigenvalue weighted by Crippen LogP contribution is -2.40. The van der Waals surface area contributed by atoms with Crippen LogP contribution in [0.25, 0.3) is 0 Å². The summed E-state index contributed by atoms with van der Waals surface area (Å²) in [4.78, 5) is 24.9. The predicted octanol–water partition coefficient (Wildman–Crippen LogP) is 2.61. The second kappa shape index (κ2) is 6.97. The van der Waals surface area contributed by atoms with Crippen molar-refractivity contribution in [3.8, 4) is 5.75 Å². The third kappa shape index (κ3) is 5.33. The zero-order valence-electron chi connectivity index (χ0n) is 13.0. The van der Waals surface area contributed by atoms with E-state index in [-0.39, 0.29) is 6.54 Å². The van der Waals surface area contributed by atoms with Crippen LogP contribution in [-0.2, 0) is 14.3 Å². The first-order chi connectivity index (χ1) is 9.76. The molecule has 0 aliphatic heterocycles. The Bertz CT molecular complexity index is 490. The Hall–Kier alpha value is -2.24. The molecule has 21 heavy (non-hydrogen) atoms. The molecule has 0 radical (unpaired) electrons. The highest BCUT2D eigenvalue weighted by molar-refractivity contribution is 5.93. The van der Waals surface area contributed by atoms with Crippen molar-refractivity contribution in [3.05, 3.63) is 24.3 Å². The lowest BCUT2D eigenvalue weighted by Gasteiger charge is -2.26. The maximum absolute atomic E-state index is 12.2. The molecule has 0 aliphatic rings. The molecule has 0 aliphatic carbocycles. The summed E-state index contributed by atoms with van der Waals surface area (Å²) in [6.45, 7) is 5.05. The number of carbonyl (C=O) groups excluding carboxylic acids is 2. The summed E-state index contributed by atoms with van der Waals surface area (Å²) in [5.74, 6) is 0.123. The first-order valence-electron chi connectivity index (χ1n) is 6.48. The van der Waals surface area contributed by atoms with Gasteiger partial charge in [0.05, 0.1) is 14.2 Å². The Morgan fingerprint density at radius 2 is 1.67 bits per heavy atom. The molecule has 0 heterocycles. The van der Waals surface area contributed by atoms with Gasteiger partial charge in [-0.05, 0) is 45.0 Å². The molecule has 1 aromatic rings. The lowest BCUT2D eigenvalue weighted by atomic mass is 10.2. The summed E-state index contributed by atoms with van der Waals surface area (Å²) in [6, 6.07) is 6.74. The van der Waals surface area contributed by atoms with Crippen LogP contribution >= 0.6 is 0 Å². The quantitative estimate of drug-likeness (QED) is 0.799. The zero-order chi connectivity index (χ0) is 16.0. The second-order valence-corrected chi connectivity index (χ2v) is 5.34. The van der Waals surface area contributed by atoms with E-state index in [0.717, 1.165) is 0 Å². The van der Waals surface area contributed by atoms with Crippen molar-refractivity contribution in [3.63, 3.8) is 0 Å². The van der Waals surface area contributed by atoms with Crippen LogP contribution in [0.1, 0.15) is 20.8 Å². The van der Waals surface area contributed by atoms with Crippen molar-refractivity contribution >= 4 is 17.7 Å². The molecule has 0 spiro atoms. The van der Waals surface area contributed by atoms with Crippen LogP contribution in [-0.4, -0.2) is 38.4 Å². The SMILES string of the molecule is COC(=O)CN(C(=O)OC(C)(C)C)c1ccc(OC)cc1. The molecule has 116 valence electrons. The summed E-state index contributed by atoms with van der Waals surface area (Å²) < 4.78 is 15.0.